The summed E-state index contributed by atoms with van der Waals surface area (Å²) in [7, 11) is 1.82. The zero-order valence-corrected chi connectivity index (χ0v) is 17.8. The van der Waals surface area contributed by atoms with Crippen molar-refractivity contribution in [3.63, 3.8) is 0 Å². The summed E-state index contributed by atoms with van der Waals surface area (Å²) in [4.78, 5) is 21.7. The molecule has 0 N–H and O–H groups in total. The second-order valence-electron chi connectivity index (χ2n) is 6.93. The molecule has 1 aliphatic heterocycles. The topological polar surface area (TPSA) is 41.4 Å². The van der Waals surface area contributed by atoms with Crippen LogP contribution in [-0.4, -0.2) is 33.6 Å². The molecule has 0 saturated heterocycles. The number of rotatable bonds is 6. The Kier molecular flexibility index (Phi) is 6.02. The van der Waals surface area contributed by atoms with E-state index in [-0.39, 0.29) is 12.1 Å². The fraction of sp³-hybridized carbons (Fsp3) is 0.500. The third-order valence-electron chi connectivity index (χ3n) is 5.18. The van der Waals surface area contributed by atoms with Crippen molar-refractivity contribution in [1.29, 1.82) is 0 Å². The van der Waals surface area contributed by atoms with Crippen LogP contribution in [0.1, 0.15) is 56.3 Å². The van der Waals surface area contributed by atoms with E-state index in [1.807, 2.05) is 31.0 Å². The van der Waals surface area contributed by atoms with Crippen molar-refractivity contribution in [2.24, 2.45) is 0 Å². The summed E-state index contributed by atoms with van der Waals surface area (Å²) in [6, 6.07) is 5.42. The molecule has 0 aliphatic carbocycles. The molecular weight excluding hydrogens is 383 g/mol. The third-order valence-corrected chi connectivity index (χ3v) is 5.72. The SMILES string of the molecule is CCCCCn1c(CC)nc2c1C(=O)N(C)C(C)N2c1ccc(Cl)cc1Cl. The highest BCUT2D eigenvalue weighted by molar-refractivity contribution is 6.36. The fourth-order valence-corrected chi connectivity index (χ4v) is 4.07. The molecule has 2 heterocycles. The number of nitrogens with zero attached hydrogens (tertiary/aromatic N) is 4. The summed E-state index contributed by atoms with van der Waals surface area (Å²) in [6.07, 6.45) is 3.86. The van der Waals surface area contributed by atoms with Crippen molar-refractivity contribution < 1.29 is 4.79 Å². The van der Waals surface area contributed by atoms with Crippen LogP contribution in [0.4, 0.5) is 11.5 Å². The first-order chi connectivity index (χ1) is 12.9. The summed E-state index contributed by atoms with van der Waals surface area (Å²) in [6.45, 7) is 7.03. The molecule has 0 fully saturated rings. The average Bonchev–Trinajstić information content (AvgIpc) is 3.00. The molecule has 7 heteroatoms. The van der Waals surface area contributed by atoms with Crippen molar-refractivity contribution in [3.8, 4) is 0 Å². The number of anilines is 2. The molecular formula is C20H26Cl2N4O. The van der Waals surface area contributed by atoms with E-state index in [1.165, 1.54) is 0 Å². The lowest BCUT2D eigenvalue weighted by Crippen LogP contribution is -2.50. The number of hydrogen-bond donors (Lipinski definition) is 0. The molecule has 0 spiro atoms. The van der Waals surface area contributed by atoms with E-state index >= 15 is 0 Å². The van der Waals surface area contributed by atoms with Gasteiger partial charge in [-0.25, -0.2) is 4.98 Å². The largest absolute Gasteiger partial charge is 0.322 e. The number of imidazole rings is 1. The zero-order chi connectivity index (χ0) is 19.7. The minimum Gasteiger partial charge on any atom is -0.322 e. The summed E-state index contributed by atoms with van der Waals surface area (Å²) >= 11 is 12.6. The Labute approximate surface area is 170 Å². The van der Waals surface area contributed by atoms with Gasteiger partial charge in [0.05, 0.1) is 10.7 Å². The molecule has 3 rings (SSSR count). The highest BCUT2D eigenvalue weighted by atomic mass is 35.5. The van der Waals surface area contributed by atoms with Crippen LogP contribution < -0.4 is 4.90 Å². The summed E-state index contributed by atoms with van der Waals surface area (Å²) in [5.74, 6) is 1.62. The molecule has 1 amide bonds. The van der Waals surface area contributed by atoms with Crippen LogP contribution in [0.15, 0.2) is 18.2 Å². The molecule has 0 radical (unpaired) electrons. The monoisotopic (exact) mass is 408 g/mol. The van der Waals surface area contributed by atoms with Crippen LogP contribution in [0.25, 0.3) is 0 Å². The average molecular weight is 409 g/mol. The molecule has 1 atom stereocenters. The first kappa shape index (κ1) is 20.0. The Bertz CT molecular complexity index is 849. The predicted octanol–water partition coefficient (Wildman–Crippen LogP) is 5.51. The number of aromatic nitrogens is 2. The van der Waals surface area contributed by atoms with Gasteiger partial charge in [-0.1, -0.05) is 49.9 Å². The highest BCUT2D eigenvalue weighted by Gasteiger charge is 2.39. The Balaban J connectivity index is 2.15. The molecule has 1 aliphatic rings. The maximum Gasteiger partial charge on any atom is 0.275 e. The standard InChI is InChI=1S/C20H26Cl2N4O/c1-5-7-8-11-25-17(6-2)23-19-18(25)20(27)24(4)13(3)26(19)16-10-9-14(21)12-15(16)22/h9-10,12-13H,5-8,11H2,1-4H3. The van der Waals surface area contributed by atoms with Gasteiger partial charge in [-0.15, -0.1) is 0 Å². The lowest BCUT2D eigenvalue weighted by molar-refractivity contribution is 0.0718. The minimum absolute atomic E-state index is 0.00235. The molecule has 1 aromatic heterocycles. The summed E-state index contributed by atoms with van der Waals surface area (Å²) < 4.78 is 2.09. The van der Waals surface area contributed by atoms with Crippen LogP contribution in [0, 0.1) is 0 Å². The van der Waals surface area contributed by atoms with E-state index in [0.717, 1.165) is 43.7 Å². The van der Waals surface area contributed by atoms with Crippen molar-refractivity contribution in [3.05, 3.63) is 39.8 Å². The molecule has 2 aromatic rings. The van der Waals surface area contributed by atoms with Crippen molar-refractivity contribution in [1.82, 2.24) is 14.5 Å². The van der Waals surface area contributed by atoms with Crippen molar-refractivity contribution >= 4 is 40.6 Å². The van der Waals surface area contributed by atoms with E-state index in [4.69, 9.17) is 28.2 Å². The van der Waals surface area contributed by atoms with Crippen molar-refractivity contribution in [2.45, 2.75) is 59.2 Å². The Morgan fingerprint density at radius 2 is 1.93 bits per heavy atom. The van der Waals surface area contributed by atoms with Gasteiger partial charge < -0.3 is 14.4 Å². The second kappa shape index (κ2) is 8.11. The van der Waals surface area contributed by atoms with E-state index in [2.05, 4.69) is 18.4 Å². The number of benzene rings is 1. The summed E-state index contributed by atoms with van der Waals surface area (Å²) in [5, 5.41) is 1.12. The van der Waals surface area contributed by atoms with E-state index < -0.39 is 0 Å². The maximum absolute atomic E-state index is 13.1. The lowest BCUT2D eigenvalue weighted by Gasteiger charge is -2.40. The Morgan fingerprint density at radius 3 is 2.56 bits per heavy atom. The number of fused-ring (bicyclic) bond motifs is 1. The fourth-order valence-electron chi connectivity index (χ4n) is 3.57. The van der Waals surface area contributed by atoms with Gasteiger partial charge in [-0.05, 0) is 31.5 Å². The number of hydrogen-bond acceptors (Lipinski definition) is 3. The first-order valence-electron chi connectivity index (χ1n) is 9.51. The van der Waals surface area contributed by atoms with E-state index in [1.54, 1.807) is 11.0 Å². The van der Waals surface area contributed by atoms with Gasteiger partial charge in [0.15, 0.2) is 11.5 Å². The normalized spacial score (nSPS) is 16.8. The second-order valence-corrected chi connectivity index (χ2v) is 7.77. The summed E-state index contributed by atoms with van der Waals surface area (Å²) in [5.41, 5.74) is 1.45. The quantitative estimate of drug-likeness (QED) is 0.591. The van der Waals surface area contributed by atoms with Crippen LogP contribution in [-0.2, 0) is 13.0 Å². The van der Waals surface area contributed by atoms with Gasteiger partial charge in [-0.3, -0.25) is 4.79 Å². The number of halogens is 2. The van der Waals surface area contributed by atoms with Crippen LogP contribution in [0.3, 0.4) is 0 Å². The zero-order valence-electron chi connectivity index (χ0n) is 16.3. The number of carbonyl (C=O) groups excluding carboxylic acids is 1. The number of aryl methyl sites for hydroxylation is 1. The van der Waals surface area contributed by atoms with E-state index in [9.17, 15) is 4.79 Å². The highest BCUT2D eigenvalue weighted by Crippen LogP contribution is 2.40. The molecule has 146 valence electrons. The van der Waals surface area contributed by atoms with Crippen LogP contribution in [0.5, 0.6) is 0 Å². The Hall–Kier alpha value is -1.72. The number of amides is 1. The lowest BCUT2D eigenvalue weighted by atomic mass is 10.1. The van der Waals surface area contributed by atoms with Gasteiger partial charge in [0.2, 0.25) is 0 Å². The van der Waals surface area contributed by atoms with E-state index in [0.29, 0.717) is 21.6 Å². The maximum atomic E-state index is 13.1. The molecule has 0 saturated carbocycles. The van der Waals surface area contributed by atoms with Gasteiger partial charge in [0.25, 0.3) is 5.91 Å². The minimum atomic E-state index is -0.202. The number of unbranched alkanes of at least 4 members (excludes halogenated alkanes) is 2. The van der Waals surface area contributed by atoms with Gasteiger partial charge >= 0.3 is 0 Å². The first-order valence-corrected chi connectivity index (χ1v) is 10.3. The van der Waals surface area contributed by atoms with Gasteiger partial charge in [-0.2, -0.15) is 0 Å². The molecule has 27 heavy (non-hydrogen) atoms. The van der Waals surface area contributed by atoms with Gasteiger partial charge in [0.1, 0.15) is 12.0 Å². The van der Waals surface area contributed by atoms with Crippen LogP contribution in [0.2, 0.25) is 10.0 Å². The Morgan fingerprint density at radius 1 is 1.19 bits per heavy atom. The van der Waals surface area contributed by atoms with Crippen molar-refractivity contribution in [2.75, 3.05) is 11.9 Å². The smallest absolute Gasteiger partial charge is 0.275 e. The predicted molar refractivity (Wildman–Crippen MR) is 111 cm³/mol. The molecule has 0 bridgehead atoms. The number of carbonyl (C=O) groups is 1. The molecule has 5 nitrogen and oxygen atoms in total. The van der Waals surface area contributed by atoms with Crippen LogP contribution >= 0.6 is 23.2 Å². The molecule has 1 unspecified atom stereocenters. The molecule has 1 aromatic carbocycles. The third kappa shape index (κ3) is 3.55. The van der Waals surface area contributed by atoms with Gasteiger partial charge in [0, 0.05) is 25.0 Å².